The van der Waals surface area contributed by atoms with Crippen molar-refractivity contribution >= 4 is 17.2 Å². The molecule has 0 aliphatic carbocycles. The summed E-state index contributed by atoms with van der Waals surface area (Å²) in [6, 6.07) is 5.62. The van der Waals surface area contributed by atoms with Gasteiger partial charge < -0.3 is 10.4 Å². The van der Waals surface area contributed by atoms with Gasteiger partial charge in [0.2, 0.25) is 0 Å². The van der Waals surface area contributed by atoms with Crippen LogP contribution in [0.25, 0.3) is 11.4 Å². The van der Waals surface area contributed by atoms with Gasteiger partial charge in [0.05, 0.1) is 17.3 Å². The van der Waals surface area contributed by atoms with Crippen LogP contribution < -0.4 is 5.32 Å². The van der Waals surface area contributed by atoms with Crippen molar-refractivity contribution in [2.75, 3.05) is 6.54 Å². The van der Waals surface area contributed by atoms with Gasteiger partial charge in [0, 0.05) is 40.9 Å². The van der Waals surface area contributed by atoms with E-state index in [9.17, 15) is 9.90 Å². The molecule has 0 saturated heterocycles. The van der Waals surface area contributed by atoms with E-state index < -0.39 is 6.10 Å². The number of aliphatic hydroxyl groups is 1. The molecular weight excluding hydrogens is 372 g/mol. The van der Waals surface area contributed by atoms with Gasteiger partial charge in [0.15, 0.2) is 5.82 Å². The molecule has 2 aromatic heterocycles. The quantitative estimate of drug-likeness (QED) is 0.667. The van der Waals surface area contributed by atoms with Crippen molar-refractivity contribution in [1.29, 1.82) is 0 Å². The molecule has 0 saturated carbocycles. The first-order valence-electron chi connectivity index (χ1n) is 9.12. The van der Waals surface area contributed by atoms with Gasteiger partial charge in [0.1, 0.15) is 0 Å². The number of benzene rings is 1. The van der Waals surface area contributed by atoms with E-state index in [1.807, 2.05) is 39.0 Å². The Hall–Kier alpha value is -2.64. The van der Waals surface area contributed by atoms with Crippen molar-refractivity contribution < 1.29 is 9.90 Å². The zero-order chi connectivity index (χ0) is 20.3. The Labute approximate surface area is 168 Å². The summed E-state index contributed by atoms with van der Waals surface area (Å²) in [6.07, 6.45) is 2.92. The maximum Gasteiger partial charge on any atom is 0.251 e. The molecule has 28 heavy (non-hydrogen) atoms. The largest absolute Gasteiger partial charge is 0.393 e. The molecule has 0 radical (unpaired) electrons. The van der Waals surface area contributed by atoms with E-state index in [0.29, 0.717) is 17.9 Å². The highest BCUT2D eigenvalue weighted by Gasteiger charge is 2.23. The van der Waals surface area contributed by atoms with Crippen LogP contribution in [0.5, 0.6) is 0 Å². The SMILES string of the molecule is Cc1cnc(-c2ccc(C)c(C(=O)NCC(c3scnc3C)C(C)O)c2)nc1. The topological polar surface area (TPSA) is 88.0 Å². The molecule has 0 spiro atoms. The second-order valence-corrected chi connectivity index (χ2v) is 7.86. The fraction of sp³-hybridized carbons (Fsp3) is 0.333. The third kappa shape index (κ3) is 4.43. The molecule has 0 bridgehead atoms. The van der Waals surface area contributed by atoms with Gasteiger partial charge in [-0.1, -0.05) is 12.1 Å². The summed E-state index contributed by atoms with van der Waals surface area (Å²) < 4.78 is 0. The molecule has 0 aliphatic rings. The van der Waals surface area contributed by atoms with Crippen LogP contribution in [0.15, 0.2) is 36.1 Å². The first-order valence-corrected chi connectivity index (χ1v) is 10.0. The molecule has 0 aliphatic heterocycles. The highest BCUT2D eigenvalue weighted by atomic mass is 32.1. The van der Waals surface area contributed by atoms with Crippen LogP contribution in [0, 0.1) is 20.8 Å². The summed E-state index contributed by atoms with van der Waals surface area (Å²) in [5.41, 5.74) is 5.87. The van der Waals surface area contributed by atoms with Gasteiger partial charge in [-0.05, 0) is 44.9 Å². The lowest BCUT2D eigenvalue weighted by molar-refractivity contribution is 0.0936. The van der Waals surface area contributed by atoms with Gasteiger partial charge in [-0.3, -0.25) is 4.79 Å². The van der Waals surface area contributed by atoms with Crippen molar-refractivity contribution in [2.24, 2.45) is 0 Å². The van der Waals surface area contributed by atoms with Crippen molar-refractivity contribution in [2.45, 2.75) is 39.7 Å². The van der Waals surface area contributed by atoms with E-state index in [-0.39, 0.29) is 11.8 Å². The molecule has 1 amide bonds. The Morgan fingerprint density at radius 1 is 1.18 bits per heavy atom. The Kier molecular flexibility index (Phi) is 6.16. The highest BCUT2D eigenvalue weighted by Crippen LogP contribution is 2.26. The Balaban J connectivity index is 1.79. The van der Waals surface area contributed by atoms with E-state index >= 15 is 0 Å². The van der Waals surface area contributed by atoms with E-state index in [0.717, 1.165) is 27.3 Å². The third-order valence-electron chi connectivity index (χ3n) is 4.71. The maximum absolute atomic E-state index is 12.8. The number of nitrogens with one attached hydrogen (secondary N) is 1. The molecule has 2 atom stereocenters. The van der Waals surface area contributed by atoms with E-state index in [1.165, 1.54) is 11.3 Å². The number of amides is 1. The van der Waals surface area contributed by atoms with Crippen molar-refractivity contribution in [3.63, 3.8) is 0 Å². The molecule has 1 aromatic carbocycles. The molecule has 2 unspecified atom stereocenters. The zero-order valence-corrected chi connectivity index (χ0v) is 17.2. The van der Waals surface area contributed by atoms with Crippen LogP contribution in [0.1, 0.15) is 44.9 Å². The predicted molar refractivity (Wildman–Crippen MR) is 111 cm³/mol. The third-order valence-corrected chi connectivity index (χ3v) is 5.77. The lowest BCUT2D eigenvalue weighted by Crippen LogP contribution is -2.33. The van der Waals surface area contributed by atoms with Gasteiger partial charge in [-0.2, -0.15) is 0 Å². The molecule has 2 N–H and O–H groups in total. The predicted octanol–water partition coefficient (Wildman–Crippen LogP) is 3.42. The number of aliphatic hydroxyl groups excluding tert-OH is 1. The zero-order valence-electron chi connectivity index (χ0n) is 16.4. The van der Waals surface area contributed by atoms with E-state index in [1.54, 1.807) is 24.8 Å². The molecule has 0 fully saturated rings. The Bertz CT molecular complexity index is 967. The number of aryl methyl sites for hydroxylation is 3. The number of rotatable bonds is 6. The van der Waals surface area contributed by atoms with Crippen LogP contribution in [0.3, 0.4) is 0 Å². The average molecular weight is 397 g/mol. The van der Waals surface area contributed by atoms with Gasteiger partial charge in [-0.15, -0.1) is 11.3 Å². The number of thiazole rings is 1. The standard InChI is InChI=1S/C21H24N4O2S/c1-12-8-22-20(23-9-12)16-6-5-13(2)17(7-16)21(27)24-10-18(15(4)26)19-14(3)25-11-28-19/h5-9,11,15,18,26H,10H2,1-4H3,(H,24,27). The van der Waals surface area contributed by atoms with Gasteiger partial charge in [0.25, 0.3) is 5.91 Å². The summed E-state index contributed by atoms with van der Waals surface area (Å²) >= 11 is 1.50. The molecule has 3 rings (SSSR count). The van der Waals surface area contributed by atoms with Crippen molar-refractivity contribution in [1.82, 2.24) is 20.3 Å². The number of carbonyl (C=O) groups is 1. The maximum atomic E-state index is 12.8. The fourth-order valence-electron chi connectivity index (χ4n) is 2.99. The first-order chi connectivity index (χ1) is 13.4. The minimum absolute atomic E-state index is 0.181. The Morgan fingerprint density at radius 3 is 2.50 bits per heavy atom. The summed E-state index contributed by atoms with van der Waals surface area (Å²) in [7, 11) is 0. The molecule has 2 heterocycles. The van der Waals surface area contributed by atoms with Crippen LogP contribution in [0.2, 0.25) is 0 Å². The number of carbonyl (C=O) groups excluding carboxylic acids is 1. The summed E-state index contributed by atoms with van der Waals surface area (Å²) in [5, 5.41) is 13.1. The van der Waals surface area contributed by atoms with E-state index in [2.05, 4.69) is 20.3 Å². The Morgan fingerprint density at radius 2 is 1.89 bits per heavy atom. The lowest BCUT2D eigenvalue weighted by Gasteiger charge is -2.20. The normalized spacial score (nSPS) is 13.2. The number of hydrogen-bond acceptors (Lipinski definition) is 6. The average Bonchev–Trinajstić information content (AvgIpc) is 3.08. The first kappa shape index (κ1) is 20.1. The van der Waals surface area contributed by atoms with Gasteiger partial charge >= 0.3 is 0 Å². The summed E-state index contributed by atoms with van der Waals surface area (Å²) in [4.78, 5) is 26.8. The number of nitrogens with zero attached hydrogens (tertiary/aromatic N) is 3. The molecular formula is C21H24N4O2S. The van der Waals surface area contributed by atoms with Crippen LogP contribution in [-0.4, -0.2) is 38.6 Å². The highest BCUT2D eigenvalue weighted by molar-refractivity contribution is 7.09. The van der Waals surface area contributed by atoms with Gasteiger partial charge in [-0.25, -0.2) is 15.0 Å². The minimum atomic E-state index is -0.590. The molecule has 6 nitrogen and oxygen atoms in total. The second-order valence-electron chi connectivity index (χ2n) is 6.97. The van der Waals surface area contributed by atoms with Crippen molar-refractivity contribution in [3.05, 3.63) is 63.4 Å². The second kappa shape index (κ2) is 8.58. The summed E-state index contributed by atoms with van der Waals surface area (Å²) in [5.74, 6) is 0.210. The van der Waals surface area contributed by atoms with Crippen LogP contribution in [0.4, 0.5) is 0 Å². The number of aromatic nitrogens is 3. The van der Waals surface area contributed by atoms with Crippen LogP contribution >= 0.6 is 11.3 Å². The van der Waals surface area contributed by atoms with Crippen molar-refractivity contribution in [3.8, 4) is 11.4 Å². The fourth-order valence-corrected chi connectivity index (χ4v) is 4.00. The summed E-state index contributed by atoms with van der Waals surface area (Å²) in [6.45, 7) is 7.81. The molecule has 146 valence electrons. The minimum Gasteiger partial charge on any atom is -0.393 e. The monoisotopic (exact) mass is 396 g/mol. The molecule has 7 heteroatoms. The van der Waals surface area contributed by atoms with E-state index in [4.69, 9.17) is 0 Å². The smallest absolute Gasteiger partial charge is 0.251 e. The lowest BCUT2D eigenvalue weighted by atomic mass is 9.99. The van der Waals surface area contributed by atoms with Crippen LogP contribution in [-0.2, 0) is 0 Å². The number of hydrogen-bond donors (Lipinski definition) is 2. The molecule has 3 aromatic rings.